The van der Waals surface area contributed by atoms with E-state index in [9.17, 15) is 86.3 Å². The van der Waals surface area contributed by atoms with Crippen LogP contribution < -0.4 is 0 Å². The van der Waals surface area contributed by atoms with Gasteiger partial charge in [-0.15, -0.1) is 0 Å². The highest BCUT2D eigenvalue weighted by Crippen LogP contribution is 2.37. The summed E-state index contributed by atoms with van der Waals surface area (Å²) in [5, 5.41) is 1.41. The lowest BCUT2D eigenvalue weighted by atomic mass is 10.2. The quantitative estimate of drug-likeness (QED) is 0.232. The van der Waals surface area contributed by atoms with Crippen LogP contribution in [0.4, 0.5) is 0 Å². The Bertz CT molecular complexity index is 3950. The first-order valence-corrected chi connectivity index (χ1v) is 59.3. The molecule has 0 saturated heterocycles. The number of carbonyl (C=O) groups is 18. The smallest absolute Gasteiger partial charge is 0.160 e. The Morgan fingerprint density at radius 1 is 0.169 bits per heavy atom. The zero-order valence-electron chi connectivity index (χ0n) is 71.7. The van der Waals surface area contributed by atoms with Gasteiger partial charge in [-0.05, 0) is 325 Å². The Morgan fingerprint density at radius 3 is 0.338 bits per heavy atom. The molecule has 674 valence electrons. The molecule has 0 bridgehead atoms. The van der Waals surface area contributed by atoms with E-state index in [0.29, 0.717) is 121 Å². The molecule has 18 rings (SSSR count). The Kier molecular flexibility index (Phi) is 80.6. The SMILES string of the molecule is CCC1=CC(=O)CC=[PH]1CC.O=C1C=CP=CC1.O=C1C=CP=CC1.O=C1C=CP=CC1.O=C1C=CP=CC1.O=C1C=CP=CC1.O=C1C=CP=CC1.O=C1C=CP=CC1.O=C1C=CP=CC1.O=C1C=CP=CC1.O=C1C=CP=CC1.O=C1C=CP=CC1.O=C1C=CP=CC1.O=C1C=CP=CC1.O=C1C=CP=CC1.O=C1C=CP=CC1.O=C1C=CP=CC1.O=C1C=CP=CC1. The lowest BCUT2D eigenvalue weighted by Gasteiger charge is -2.13. The monoisotopic (exact) mass is 2070 g/mol. The number of rotatable bonds is 2. The Morgan fingerprint density at radius 2 is 0.277 bits per heavy atom. The van der Waals surface area contributed by atoms with E-state index in [2.05, 4.69) is 19.6 Å². The van der Waals surface area contributed by atoms with Crippen molar-refractivity contribution in [1.82, 2.24) is 0 Å². The third kappa shape index (κ3) is 81.3. The predicted octanol–water partition coefficient (Wildman–Crippen LogP) is 23.1. The van der Waals surface area contributed by atoms with Gasteiger partial charge in [0.1, 0.15) is 0 Å². The van der Waals surface area contributed by atoms with Gasteiger partial charge >= 0.3 is 0 Å². The van der Waals surface area contributed by atoms with Gasteiger partial charge in [-0.25, -0.2) is 0 Å². The van der Waals surface area contributed by atoms with Crippen molar-refractivity contribution < 1.29 is 86.3 Å². The van der Waals surface area contributed by atoms with E-state index in [1.807, 2.05) is 204 Å². The molecule has 0 radical (unpaired) electrons. The fraction of sp³-hybridized carbons (Fsp3) is 0.234. The van der Waals surface area contributed by atoms with E-state index >= 15 is 0 Å². The van der Waals surface area contributed by atoms with Crippen molar-refractivity contribution >= 4 is 355 Å². The van der Waals surface area contributed by atoms with E-state index in [0.717, 1.165) is 6.42 Å². The molecular formula is C94H100O18P18. The molecule has 18 aliphatic heterocycles. The van der Waals surface area contributed by atoms with Crippen LogP contribution in [0.3, 0.4) is 0 Å². The molecule has 36 heteroatoms. The van der Waals surface area contributed by atoms with Gasteiger partial charge in [0.15, 0.2) is 104 Å². The van der Waals surface area contributed by atoms with Crippen molar-refractivity contribution in [3.63, 3.8) is 0 Å². The van der Waals surface area contributed by atoms with Crippen LogP contribution in [0.2, 0.25) is 0 Å². The van der Waals surface area contributed by atoms with Crippen LogP contribution in [0, 0.1) is 0 Å². The van der Waals surface area contributed by atoms with Crippen molar-refractivity contribution in [3.05, 3.63) is 214 Å². The summed E-state index contributed by atoms with van der Waals surface area (Å²) in [5.74, 6) is 70.9. The largest absolute Gasteiger partial charge is 0.294 e. The maximum Gasteiger partial charge on any atom is 0.160 e. The number of carbonyl (C=O) groups excluding carboxylic acids is 18. The molecule has 0 aliphatic carbocycles. The van der Waals surface area contributed by atoms with Crippen LogP contribution in [-0.4, -0.2) is 215 Å². The molecule has 18 nitrogen and oxygen atoms in total. The van der Waals surface area contributed by atoms with Crippen molar-refractivity contribution in [2.75, 3.05) is 6.16 Å². The maximum absolute atomic E-state index is 11.0. The van der Waals surface area contributed by atoms with Gasteiger partial charge in [0.25, 0.3) is 0 Å². The molecule has 130 heavy (non-hydrogen) atoms. The fourth-order valence-corrected chi connectivity index (χ4v) is 21.6. The summed E-state index contributed by atoms with van der Waals surface area (Å²) in [6.07, 6.45) is 43.1. The second kappa shape index (κ2) is 86.9. The van der Waals surface area contributed by atoms with Crippen LogP contribution in [0.5, 0.6) is 0 Å². The van der Waals surface area contributed by atoms with E-state index in [1.165, 1.54) is 151 Å². The molecule has 1 unspecified atom stereocenters. The van der Waals surface area contributed by atoms with E-state index in [4.69, 9.17) is 0 Å². The second-order valence-corrected chi connectivity index (χ2v) is 44.3. The minimum atomic E-state index is -0.394. The van der Waals surface area contributed by atoms with Crippen molar-refractivity contribution in [3.8, 4) is 0 Å². The van der Waals surface area contributed by atoms with Crippen LogP contribution in [0.1, 0.15) is 136 Å². The maximum atomic E-state index is 11.0. The van der Waals surface area contributed by atoms with Gasteiger partial charge in [0.05, 0.1) is 0 Å². The lowest BCUT2D eigenvalue weighted by Crippen LogP contribution is -2.00. The molecule has 0 spiro atoms. The highest BCUT2D eigenvalue weighted by Gasteiger charge is 2.09. The Balaban J connectivity index is 0.000000689. The number of ketones is 18. The fourth-order valence-electron chi connectivity index (χ4n) is 8.16. The molecule has 1 atom stereocenters. The average Bonchev–Trinajstić information content (AvgIpc) is 0.877. The normalized spacial score (nSPS) is 20.6. The van der Waals surface area contributed by atoms with Gasteiger partial charge in [-0.3, -0.25) is 86.3 Å². The number of allylic oxidation sites excluding steroid dienone is 19. The number of hydrogen-bond donors (Lipinski definition) is 0. The van der Waals surface area contributed by atoms with Crippen molar-refractivity contribution in [2.24, 2.45) is 0 Å². The van der Waals surface area contributed by atoms with Crippen LogP contribution in [-0.2, 0) is 86.3 Å². The molecular weight excluding hydrogens is 1970 g/mol. The minimum absolute atomic E-state index is 0.221. The zero-order valence-corrected chi connectivity index (χ0v) is 87.9. The van der Waals surface area contributed by atoms with Gasteiger partial charge < -0.3 is 0 Å². The van der Waals surface area contributed by atoms with Gasteiger partial charge in [-0.2, -0.15) is 0 Å². The molecule has 0 N–H and O–H groups in total. The molecule has 0 amide bonds. The number of hydrogen-bond acceptors (Lipinski definition) is 18. The van der Waals surface area contributed by atoms with Crippen molar-refractivity contribution in [2.45, 2.75) is 136 Å². The lowest BCUT2D eigenvalue weighted by molar-refractivity contribution is -0.114. The topological polar surface area (TPSA) is 307 Å². The van der Waals surface area contributed by atoms with Gasteiger partial charge in [-0.1, -0.05) is 167 Å². The molecule has 0 aromatic carbocycles. The highest BCUT2D eigenvalue weighted by atomic mass is 31.1. The summed E-state index contributed by atoms with van der Waals surface area (Å²) in [6, 6.07) is 0. The van der Waals surface area contributed by atoms with E-state index in [1.54, 1.807) is 103 Å². The standard InChI is InChI=1S/C9H15OP.17C5H5OP/c1-3-9-7-8(10)5-6-11(9)4-2;17*6-5-1-3-7-4-2-5/h6-7,11H,3-5H2,1-2H3;17*1,3-4H,2H2. The summed E-state index contributed by atoms with van der Waals surface area (Å²) < 4.78 is 0. The molecule has 18 aliphatic rings. The Labute approximate surface area is 791 Å². The molecule has 0 saturated carbocycles. The highest BCUT2D eigenvalue weighted by molar-refractivity contribution is 7.61. The minimum Gasteiger partial charge on any atom is -0.294 e. The van der Waals surface area contributed by atoms with Gasteiger partial charge in [0, 0.05) is 116 Å². The first-order chi connectivity index (χ1) is 63.0. The zero-order chi connectivity index (χ0) is 95.2. The van der Waals surface area contributed by atoms with Crippen molar-refractivity contribution in [1.29, 1.82) is 0 Å². The van der Waals surface area contributed by atoms with Gasteiger partial charge in [0.2, 0.25) is 0 Å². The molecule has 18 heterocycles. The second-order valence-electron chi connectivity index (χ2n) is 25.2. The van der Waals surface area contributed by atoms with E-state index in [-0.39, 0.29) is 98.3 Å². The third-order valence-corrected chi connectivity index (χ3v) is 29.6. The summed E-state index contributed by atoms with van der Waals surface area (Å²) >= 11 is 0. The Hall–Kier alpha value is -7.43. The molecule has 0 aromatic heterocycles. The first kappa shape index (κ1) is 121. The third-order valence-electron chi connectivity index (χ3n) is 14.7. The summed E-state index contributed by atoms with van der Waals surface area (Å²) in [7, 11) is 19.4. The van der Waals surface area contributed by atoms with E-state index < -0.39 is 7.55 Å². The predicted molar refractivity (Wildman–Crippen MR) is 593 cm³/mol. The van der Waals surface area contributed by atoms with Crippen LogP contribution in [0.15, 0.2) is 214 Å². The average molecular weight is 2080 g/mol. The summed E-state index contributed by atoms with van der Waals surface area (Å²) in [6.45, 7) is 4.35. The molecule has 0 aromatic rings. The summed E-state index contributed by atoms with van der Waals surface area (Å²) in [4.78, 5) is 187. The summed E-state index contributed by atoms with van der Waals surface area (Å²) in [5.41, 5.74) is 0. The van der Waals surface area contributed by atoms with Crippen LogP contribution in [0.25, 0.3) is 0 Å². The first-order valence-electron chi connectivity index (χ1n) is 40.0. The molecule has 0 fully saturated rings. The van der Waals surface area contributed by atoms with Crippen LogP contribution >= 0.6 is 147 Å².